The van der Waals surface area contributed by atoms with Gasteiger partial charge in [-0.1, -0.05) is 30.3 Å². The van der Waals surface area contributed by atoms with Crippen LogP contribution in [0, 0.1) is 5.82 Å². The van der Waals surface area contributed by atoms with E-state index in [2.05, 4.69) is 0 Å². The molecule has 4 heteroatoms. The molecule has 1 N–H and O–H groups in total. The zero-order chi connectivity index (χ0) is 15.1. The minimum absolute atomic E-state index is 0.296. The third-order valence-corrected chi connectivity index (χ3v) is 3.22. The number of aliphatic hydroxyl groups excluding tert-OH is 1. The quantitative estimate of drug-likeness (QED) is 0.850. The summed E-state index contributed by atoms with van der Waals surface area (Å²) in [6.07, 6.45) is -0.632. The Bertz CT molecular complexity index is 530. The molecular weight excluding hydrogens is 269 g/mol. The monoisotopic (exact) mass is 289 g/mol. The van der Waals surface area contributed by atoms with Gasteiger partial charge >= 0.3 is 0 Å². The molecule has 0 saturated heterocycles. The van der Waals surface area contributed by atoms with Crippen LogP contribution in [0.4, 0.5) is 4.39 Å². The molecule has 3 nitrogen and oxygen atoms in total. The van der Waals surface area contributed by atoms with Gasteiger partial charge in [0.25, 0.3) is 0 Å². The lowest BCUT2D eigenvalue weighted by Gasteiger charge is -2.20. The van der Waals surface area contributed by atoms with Gasteiger partial charge in [0.05, 0.1) is 6.10 Å². The molecule has 0 saturated carbocycles. The molecule has 0 radical (unpaired) electrons. The number of nitrogens with zero attached hydrogens (tertiary/aromatic N) is 1. The number of halogens is 1. The Labute approximate surface area is 124 Å². The topological polar surface area (TPSA) is 32.7 Å². The molecule has 0 amide bonds. The van der Waals surface area contributed by atoms with Crippen LogP contribution in [0.2, 0.25) is 0 Å². The van der Waals surface area contributed by atoms with Crippen LogP contribution in [-0.2, 0) is 0 Å². The number of aliphatic hydroxyl groups is 1. The molecule has 0 aliphatic carbocycles. The third-order valence-electron chi connectivity index (χ3n) is 3.22. The highest BCUT2D eigenvalue weighted by atomic mass is 19.1. The van der Waals surface area contributed by atoms with Crippen LogP contribution < -0.4 is 4.74 Å². The first-order valence-corrected chi connectivity index (χ1v) is 6.95. The predicted molar refractivity (Wildman–Crippen MR) is 80.8 cm³/mol. The maximum absolute atomic E-state index is 12.8. The highest BCUT2D eigenvalue weighted by Crippen LogP contribution is 2.14. The molecule has 0 heterocycles. The van der Waals surface area contributed by atoms with Crippen molar-refractivity contribution >= 4 is 0 Å². The fourth-order valence-electron chi connectivity index (χ4n) is 2.01. The van der Waals surface area contributed by atoms with Gasteiger partial charge in [0.15, 0.2) is 0 Å². The number of ether oxygens (including phenoxy) is 1. The molecule has 1 unspecified atom stereocenters. The number of hydrogen-bond donors (Lipinski definition) is 1. The van der Waals surface area contributed by atoms with E-state index in [0.717, 1.165) is 5.75 Å². The Morgan fingerprint density at radius 2 is 1.76 bits per heavy atom. The number of hydrogen-bond acceptors (Lipinski definition) is 3. The van der Waals surface area contributed by atoms with Crippen LogP contribution in [0.1, 0.15) is 11.7 Å². The lowest BCUT2D eigenvalue weighted by atomic mass is 10.1. The summed E-state index contributed by atoms with van der Waals surface area (Å²) >= 11 is 0. The van der Waals surface area contributed by atoms with E-state index < -0.39 is 6.10 Å². The van der Waals surface area contributed by atoms with Crippen LogP contribution in [-0.4, -0.2) is 36.8 Å². The first-order chi connectivity index (χ1) is 10.1. The molecular formula is C17H20FNO2. The van der Waals surface area contributed by atoms with Crippen molar-refractivity contribution in [3.63, 3.8) is 0 Å². The standard InChI is InChI=1S/C17H20FNO2/c1-19(11-12-21-16-5-3-2-4-6-16)13-17(20)14-7-9-15(18)10-8-14/h2-10,17,20H,11-13H2,1H3. The number of rotatable bonds is 7. The van der Waals surface area contributed by atoms with E-state index in [1.165, 1.54) is 12.1 Å². The van der Waals surface area contributed by atoms with Crippen molar-refractivity contribution in [3.05, 3.63) is 66.0 Å². The molecule has 21 heavy (non-hydrogen) atoms. The summed E-state index contributed by atoms with van der Waals surface area (Å²) in [4.78, 5) is 1.98. The van der Waals surface area contributed by atoms with Gasteiger partial charge < -0.3 is 14.7 Å². The molecule has 2 rings (SSSR count). The largest absolute Gasteiger partial charge is 0.492 e. The Kier molecular flexibility index (Phi) is 5.72. The second-order valence-corrected chi connectivity index (χ2v) is 4.99. The van der Waals surface area contributed by atoms with Gasteiger partial charge in [-0.3, -0.25) is 0 Å². The first-order valence-electron chi connectivity index (χ1n) is 6.95. The molecule has 0 aliphatic heterocycles. The van der Waals surface area contributed by atoms with E-state index in [1.54, 1.807) is 12.1 Å². The maximum atomic E-state index is 12.8. The lowest BCUT2D eigenvalue weighted by Crippen LogP contribution is -2.28. The Morgan fingerprint density at radius 3 is 2.43 bits per heavy atom. The molecule has 2 aromatic rings. The van der Waals surface area contributed by atoms with Crippen LogP contribution >= 0.6 is 0 Å². The summed E-state index contributed by atoms with van der Waals surface area (Å²) in [6.45, 7) is 1.73. The van der Waals surface area contributed by atoms with Gasteiger partial charge in [-0.05, 0) is 36.9 Å². The van der Waals surface area contributed by atoms with Gasteiger partial charge in [-0.25, -0.2) is 4.39 Å². The van der Waals surface area contributed by atoms with Crippen molar-refractivity contribution in [3.8, 4) is 5.75 Å². The maximum Gasteiger partial charge on any atom is 0.123 e. The van der Waals surface area contributed by atoms with Gasteiger partial charge in [0.2, 0.25) is 0 Å². The Hall–Kier alpha value is -1.91. The Morgan fingerprint density at radius 1 is 1.10 bits per heavy atom. The summed E-state index contributed by atoms with van der Waals surface area (Å²) < 4.78 is 18.4. The van der Waals surface area contributed by atoms with E-state index in [-0.39, 0.29) is 5.82 Å². The van der Waals surface area contributed by atoms with Gasteiger partial charge in [0, 0.05) is 13.1 Å². The predicted octanol–water partition coefficient (Wildman–Crippen LogP) is 2.87. The summed E-state index contributed by atoms with van der Waals surface area (Å²) in [5.74, 6) is 0.542. The zero-order valence-electron chi connectivity index (χ0n) is 12.1. The van der Waals surface area contributed by atoms with Crippen LogP contribution in [0.3, 0.4) is 0 Å². The molecule has 2 aromatic carbocycles. The Balaban J connectivity index is 1.73. The summed E-state index contributed by atoms with van der Waals surface area (Å²) in [7, 11) is 1.92. The second-order valence-electron chi connectivity index (χ2n) is 4.99. The number of para-hydroxylation sites is 1. The van der Waals surface area contributed by atoms with Gasteiger partial charge in [-0.2, -0.15) is 0 Å². The number of likely N-dealkylation sites (N-methyl/N-ethyl adjacent to an activating group) is 1. The van der Waals surface area contributed by atoms with E-state index >= 15 is 0 Å². The molecule has 0 aromatic heterocycles. The van der Waals surface area contributed by atoms with Gasteiger partial charge in [0.1, 0.15) is 18.2 Å². The van der Waals surface area contributed by atoms with Crippen LogP contribution in [0.15, 0.2) is 54.6 Å². The van der Waals surface area contributed by atoms with E-state index in [9.17, 15) is 9.50 Å². The van der Waals surface area contributed by atoms with E-state index in [4.69, 9.17) is 4.74 Å². The zero-order valence-corrected chi connectivity index (χ0v) is 12.1. The minimum atomic E-state index is -0.632. The molecule has 0 fully saturated rings. The normalized spacial score (nSPS) is 12.4. The SMILES string of the molecule is CN(CCOc1ccccc1)CC(O)c1ccc(F)cc1. The highest BCUT2D eigenvalue weighted by Gasteiger charge is 2.10. The van der Waals surface area contributed by atoms with E-state index in [1.807, 2.05) is 42.3 Å². The van der Waals surface area contributed by atoms with Crippen molar-refractivity contribution in [2.45, 2.75) is 6.10 Å². The third kappa shape index (κ3) is 5.17. The summed E-state index contributed by atoms with van der Waals surface area (Å²) in [5, 5.41) is 10.1. The highest BCUT2D eigenvalue weighted by molar-refractivity contribution is 5.21. The second kappa shape index (κ2) is 7.76. The average molecular weight is 289 g/mol. The number of benzene rings is 2. The summed E-state index contributed by atoms with van der Waals surface area (Å²) in [6, 6.07) is 15.5. The fourth-order valence-corrected chi connectivity index (χ4v) is 2.01. The van der Waals surface area contributed by atoms with Gasteiger partial charge in [-0.15, -0.1) is 0 Å². The smallest absolute Gasteiger partial charge is 0.123 e. The molecule has 0 bridgehead atoms. The fraction of sp³-hybridized carbons (Fsp3) is 0.294. The minimum Gasteiger partial charge on any atom is -0.492 e. The molecule has 112 valence electrons. The van der Waals surface area contributed by atoms with E-state index in [0.29, 0.717) is 25.3 Å². The first kappa shape index (κ1) is 15.5. The van der Waals surface area contributed by atoms with Crippen LogP contribution in [0.25, 0.3) is 0 Å². The van der Waals surface area contributed by atoms with Crippen molar-refractivity contribution in [2.75, 3.05) is 26.7 Å². The van der Waals surface area contributed by atoms with Crippen LogP contribution in [0.5, 0.6) is 5.75 Å². The van der Waals surface area contributed by atoms with Crippen molar-refractivity contribution < 1.29 is 14.2 Å². The molecule has 1 atom stereocenters. The molecule has 0 spiro atoms. The van der Waals surface area contributed by atoms with Crippen molar-refractivity contribution in [1.82, 2.24) is 4.90 Å². The molecule has 0 aliphatic rings. The lowest BCUT2D eigenvalue weighted by molar-refractivity contribution is 0.117. The van der Waals surface area contributed by atoms with Crippen molar-refractivity contribution in [1.29, 1.82) is 0 Å². The van der Waals surface area contributed by atoms with Crippen molar-refractivity contribution in [2.24, 2.45) is 0 Å². The average Bonchev–Trinajstić information content (AvgIpc) is 2.49. The summed E-state index contributed by atoms with van der Waals surface area (Å²) in [5.41, 5.74) is 0.715.